The number of amides is 1. The summed E-state index contributed by atoms with van der Waals surface area (Å²) in [5.41, 5.74) is 1.80. The van der Waals surface area contributed by atoms with Gasteiger partial charge < -0.3 is 25.4 Å². The maximum Gasteiger partial charge on any atom is 0.349 e. The van der Waals surface area contributed by atoms with Crippen molar-refractivity contribution in [3.63, 3.8) is 0 Å². The molecule has 3 rings (SSSR count). The lowest BCUT2D eigenvalue weighted by molar-refractivity contribution is -0.152. The number of fused-ring (bicyclic) bond motifs is 1. The van der Waals surface area contributed by atoms with E-state index in [1.54, 1.807) is 13.2 Å². The van der Waals surface area contributed by atoms with Gasteiger partial charge in [-0.2, -0.15) is 8.78 Å². The van der Waals surface area contributed by atoms with E-state index in [0.717, 1.165) is 62.3 Å². The van der Waals surface area contributed by atoms with E-state index in [9.17, 15) is 23.5 Å². The second-order valence-electron chi connectivity index (χ2n) is 9.23. The Hall–Kier alpha value is -3.11. The predicted octanol–water partition coefficient (Wildman–Crippen LogP) is 3.46. The Kier molecular flexibility index (Phi) is 10.8. The number of halogens is 2. The van der Waals surface area contributed by atoms with Crippen molar-refractivity contribution in [1.82, 2.24) is 15.2 Å². The average Bonchev–Trinajstić information content (AvgIpc) is 2.91. The molecule has 1 atom stereocenters. The number of aliphatic carboxylic acids is 1. The van der Waals surface area contributed by atoms with Gasteiger partial charge in [-0.15, -0.1) is 0 Å². The van der Waals surface area contributed by atoms with Crippen molar-refractivity contribution < 1.29 is 28.2 Å². The van der Waals surface area contributed by atoms with Crippen LogP contribution in [0.4, 0.5) is 14.6 Å². The molecular weight excluding hydrogens is 482 g/mol. The Morgan fingerprint density at radius 1 is 1.16 bits per heavy atom. The number of rotatable bonds is 15. The number of hydrogen-bond donors (Lipinski definition) is 3. The van der Waals surface area contributed by atoms with Crippen molar-refractivity contribution in [2.24, 2.45) is 0 Å². The fourth-order valence-corrected chi connectivity index (χ4v) is 4.30. The number of ether oxygens (including phenoxy) is 1. The van der Waals surface area contributed by atoms with E-state index in [4.69, 9.17) is 9.72 Å². The number of carboxylic acids is 1. The second kappa shape index (κ2) is 14.0. The summed E-state index contributed by atoms with van der Waals surface area (Å²) in [6, 6.07) is 9.41. The van der Waals surface area contributed by atoms with Gasteiger partial charge in [0.05, 0.1) is 6.61 Å². The van der Waals surface area contributed by atoms with Crippen LogP contribution < -0.4 is 10.6 Å². The van der Waals surface area contributed by atoms with Crippen LogP contribution in [0.5, 0.6) is 0 Å². The van der Waals surface area contributed by atoms with Crippen LogP contribution in [0, 0.1) is 0 Å². The summed E-state index contributed by atoms with van der Waals surface area (Å²) in [7, 11) is 1.58. The molecule has 8 nitrogen and oxygen atoms in total. The normalized spacial score (nSPS) is 14.1. The molecule has 0 unspecified atom stereocenters. The molecule has 0 saturated carbocycles. The summed E-state index contributed by atoms with van der Waals surface area (Å²) in [4.78, 5) is 30.7. The van der Waals surface area contributed by atoms with Gasteiger partial charge in [0.15, 0.2) is 0 Å². The highest BCUT2D eigenvalue weighted by Crippen LogP contribution is 2.28. The van der Waals surface area contributed by atoms with Crippen LogP contribution in [0.2, 0.25) is 0 Å². The Morgan fingerprint density at radius 3 is 2.68 bits per heavy atom. The molecule has 37 heavy (non-hydrogen) atoms. The number of carbonyl (C=O) groups is 2. The Labute approximate surface area is 216 Å². The number of hydrogen-bond acceptors (Lipinski definition) is 6. The van der Waals surface area contributed by atoms with Crippen LogP contribution in [0.25, 0.3) is 0 Å². The van der Waals surface area contributed by atoms with Gasteiger partial charge in [0.1, 0.15) is 11.9 Å². The van der Waals surface area contributed by atoms with Crippen LogP contribution >= 0.6 is 0 Å². The van der Waals surface area contributed by atoms with Crippen LogP contribution in [0.1, 0.15) is 42.5 Å². The minimum atomic E-state index is -3.83. The molecule has 1 aliphatic rings. The van der Waals surface area contributed by atoms with Crippen molar-refractivity contribution in [2.75, 3.05) is 45.2 Å². The first kappa shape index (κ1) is 28.5. The smallest absolute Gasteiger partial charge is 0.349 e. The summed E-state index contributed by atoms with van der Waals surface area (Å²) in [5.74, 6) is -5.83. The molecule has 1 aliphatic heterocycles. The first-order chi connectivity index (χ1) is 17.8. The van der Waals surface area contributed by atoms with Crippen molar-refractivity contribution in [1.29, 1.82) is 0 Å². The molecule has 0 fully saturated rings. The molecule has 1 aromatic carbocycles. The van der Waals surface area contributed by atoms with Gasteiger partial charge in [-0.1, -0.05) is 36.4 Å². The average molecular weight is 519 g/mol. The Balaban J connectivity index is 1.50. The molecular formula is C27H36F2N4O4. The molecule has 1 aromatic heterocycles. The molecule has 3 N–H and O–H groups in total. The zero-order chi connectivity index (χ0) is 26.7. The van der Waals surface area contributed by atoms with Crippen LogP contribution in [0.15, 0.2) is 42.5 Å². The first-order valence-corrected chi connectivity index (χ1v) is 12.7. The molecule has 0 spiro atoms. The van der Waals surface area contributed by atoms with E-state index in [0.29, 0.717) is 26.2 Å². The SMILES string of the molecule is COCCN(CCCCc1ccc2c(n1)NCCC2)CC[C@H](NC(=O)C(F)(F)c1ccccc1)C(=O)O. The van der Waals surface area contributed by atoms with E-state index >= 15 is 0 Å². The van der Waals surface area contributed by atoms with Gasteiger partial charge in [0, 0.05) is 38.0 Å². The topological polar surface area (TPSA) is 104 Å². The maximum atomic E-state index is 14.5. The third-order valence-corrected chi connectivity index (χ3v) is 6.48. The lowest BCUT2D eigenvalue weighted by Crippen LogP contribution is -2.48. The van der Waals surface area contributed by atoms with Crippen molar-refractivity contribution in [2.45, 2.75) is 50.5 Å². The number of unbranched alkanes of at least 4 members (excludes halogenated alkanes) is 1. The summed E-state index contributed by atoms with van der Waals surface area (Å²) in [6.45, 7) is 2.97. The third kappa shape index (κ3) is 8.46. The molecule has 2 heterocycles. The fourth-order valence-electron chi connectivity index (χ4n) is 4.30. The zero-order valence-corrected chi connectivity index (χ0v) is 21.2. The van der Waals surface area contributed by atoms with E-state index in [1.807, 2.05) is 10.2 Å². The number of carboxylic acid groups (broad SMARTS) is 1. The number of alkyl halides is 2. The molecule has 0 saturated heterocycles. The third-order valence-electron chi connectivity index (χ3n) is 6.48. The number of aryl methyl sites for hydroxylation is 2. The Morgan fingerprint density at radius 2 is 1.95 bits per heavy atom. The highest BCUT2D eigenvalue weighted by Gasteiger charge is 2.42. The maximum absolute atomic E-state index is 14.5. The van der Waals surface area contributed by atoms with Gasteiger partial charge in [0.25, 0.3) is 5.91 Å². The predicted molar refractivity (Wildman–Crippen MR) is 137 cm³/mol. The molecule has 1 amide bonds. The molecule has 2 aromatic rings. The highest BCUT2D eigenvalue weighted by molar-refractivity contribution is 5.88. The number of benzene rings is 1. The van der Waals surface area contributed by atoms with Crippen LogP contribution in [0.3, 0.4) is 0 Å². The molecule has 0 bridgehead atoms. The lowest BCUT2D eigenvalue weighted by Gasteiger charge is -2.25. The van der Waals surface area contributed by atoms with E-state index < -0.39 is 29.4 Å². The zero-order valence-electron chi connectivity index (χ0n) is 21.2. The van der Waals surface area contributed by atoms with Gasteiger partial charge in [-0.3, -0.25) is 4.79 Å². The number of pyridine rings is 1. The quantitative estimate of drug-likeness (QED) is 0.310. The first-order valence-electron chi connectivity index (χ1n) is 12.7. The largest absolute Gasteiger partial charge is 0.480 e. The second-order valence-corrected chi connectivity index (χ2v) is 9.23. The van der Waals surface area contributed by atoms with Crippen molar-refractivity contribution in [3.05, 3.63) is 59.3 Å². The molecule has 0 radical (unpaired) electrons. The minimum Gasteiger partial charge on any atom is -0.480 e. The summed E-state index contributed by atoms with van der Waals surface area (Å²) in [5, 5.41) is 14.9. The van der Waals surface area contributed by atoms with Crippen LogP contribution in [-0.4, -0.2) is 72.8 Å². The van der Waals surface area contributed by atoms with Crippen molar-refractivity contribution >= 4 is 17.7 Å². The van der Waals surface area contributed by atoms with Gasteiger partial charge in [-0.25, -0.2) is 9.78 Å². The monoisotopic (exact) mass is 518 g/mol. The number of nitrogens with zero attached hydrogens (tertiary/aromatic N) is 2. The summed E-state index contributed by atoms with van der Waals surface area (Å²) < 4.78 is 34.2. The van der Waals surface area contributed by atoms with E-state index in [-0.39, 0.29) is 6.42 Å². The number of carbonyl (C=O) groups excluding carboxylic acids is 1. The van der Waals surface area contributed by atoms with E-state index in [2.05, 4.69) is 17.4 Å². The molecule has 10 heteroatoms. The molecule has 202 valence electrons. The summed E-state index contributed by atoms with van der Waals surface area (Å²) in [6.07, 6.45) is 4.74. The standard InChI is InChI=1S/C27H36F2N4O4/c1-37-19-18-33(16-6-5-11-22-13-12-20-8-7-15-30-24(20)31-22)17-14-23(25(34)35)32-26(36)27(28,29)21-9-3-2-4-10-21/h2-4,9-10,12-13,23H,5-8,11,14-19H2,1H3,(H,30,31)(H,32,36)(H,34,35)/t23-/m0/s1. The number of aromatic nitrogens is 1. The van der Waals surface area contributed by atoms with Crippen LogP contribution in [-0.2, 0) is 33.1 Å². The minimum absolute atomic E-state index is 0.00625. The number of anilines is 1. The van der Waals surface area contributed by atoms with Gasteiger partial charge >= 0.3 is 11.9 Å². The van der Waals surface area contributed by atoms with Gasteiger partial charge in [0.2, 0.25) is 0 Å². The lowest BCUT2D eigenvalue weighted by atomic mass is 10.1. The highest BCUT2D eigenvalue weighted by atomic mass is 19.3. The van der Waals surface area contributed by atoms with Crippen molar-refractivity contribution in [3.8, 4) is 0 Å². The number of methoxy groups -OCH3 is 1. The van der Waals surface area contributed by atoms with E-state index in [1.165, 1.54) is 17.7 Å². The Bertz CT molecular complexity index is 1020. The van der Waals surface area contributed by atoms with Gasteiger partial charge in [-0.05, 0) is 56.7 Å². The molecule has 0 aliphatic carbocycles. The summed E-state index contributed by atoms with van der Waals surface area (Å²) >= 11 is 0. The fraction of sp³-hybridized carbons (Fsp3) is 0.519. The number of nitrogens with one attached hydrogen (secondary N) is 2.